The van der Waals surface area contributed by atoms with Gasteiger partial charge in [0.15, 0.2) is 5.16 Å². The third-order valence-corrected chi connectivity index (χ3v) is 5.57. The van der Waals surface area contributed by atoms with Gasteiger partial charge in [-0.1, -0.05) is 30.0 Å². The number of hydrogen-bond acceptors (Lipinski definition) is 5. The zero-order chi connectivity index (χ0) is 18.7. The van der Waals surface area contributed by atoms with Crippen LogP contribution in [0.5, 0.6) is 0 Å². The van der Waals surface area contributed by atoms with Crippen molar-refractivity contribution < 1.29 is 9.59 Å². The largest absolute Gasteiger partial charge is 0.369 e. The van der Waals surface area contributed by atoms with Crippen LogP contribution in [0.15, 0.2) is 29.4 Å². The maximum Gasteiger partial charge on any atom is 0.233 e. The lowest BCUT2D eigenvalue weighted by molar-refractivity contribution is -0.132. The SMILES string of the molecule is Cc1ccccc1-n1c(C)nnc1SCC(=O)N1CCC[C@@H](C(N)=O)C1. The number of rotatable bonds is 5. The van der Waals surface area contributed by atoms with Gasteiger partial charge in [0, 0.05) is 13.1 Å². The third-order valence-electron chi connectivity index (χ3n) is 4.65. The Bertz CT molecular complexity index is 820. The summed E-state index contributed by atoms with van der Waals surface area (Å²) in [6.45, 7) is 5.02. The first-order valence-electron chi connectivity index (χ1n) is 8.65. The molecule has 2 aromatic rings. The first kappa shape index (κ1) is 18.4. The fourth-order valence-corrected chi connectivity index (χ4v) is 4.07. The van der Waals surface area contributed by atoms with Crippen molar-refractivity contribution in [3.05, 3.63) is 35.7 Å². The van der Waals surface area contributed by atoms with Gasteiger partial charge >= 0.3 is 0 Å². The van der Waals surface area contributed by atoms with Crippen molar-refractivity contribution in [3.8, 4) is 5.69 Å². The van der Waals surface area contributed by atoms with Crippen LogP contribution in [-0.2, 0) is 9.59 Å². The molecule has 1 aromatic heterocycles. The minimum absolute atomic E-state index is 0.00191. The van der Waals surface area contributed by atoms with E-state index in [4.69, 9.17) is 5.73 Å². The number of para-hydroxylation sites is 1. The molecular formula is C18H23N5O2S. The van der Waals surface area contributed by atoms with Crippen LogP contribution >= 0.6 is 11.8 Å². The molecule has 1 aromatic carbocycles. The number of thioether (sulfide) groups is 1. The molecule has 0 radical (unpaired) electrons. The molecule has 2 heterocycles. The second-order valence-corrected chi connectivity index (χ2v) is 7.46. The molecule has 2 N–H and O–H groups in total. The van der Waals surface area contributed by atoms with E-state index in [2.05, 4.69) is 10.2 Å². The molecular weight excluding hydrogens is 350 g/mol. The van der Waals surface area contributed by atoms with Gasteiger partial charge in [0.05, 0.1) is 17.4 Å². The highest BCUT2D eigenvalue weighted by Gasteiger charge is 2.27. The number of nitrogens with two attached hydrogens (primary N) is 1. The van der Waals surface area contributed by atoms with E-state index in [0.29, 0.717) is 18.2 Å². The van der Waals surface area contributed by atoms with Crippen LogP contribution in [0.25, 0.3) is 5.69 Å². The minimum Gasteiger partial charge on any atom is -0.369 e. The number of piperidine rings is 1. The quantitative estimate of drug-likeness (QED) is 0.805. The Hall–Kier alpha value is -2.35. The van der Waals surface area contributed by atoms with Gasteiger partial charge < -0.3 is 10.6 Å². The highest BCUT2D eigenvalue weighted by Crippen LogP contribution is 2.25. The Kier molecular flexibility index (Phi) is 5.61. The summed E-state index contributed by atoms with van der Waals surface area (Å²) in [7, 11) is 0. The number of amides is 2. The molecule has 2 amide bonds. The predicted molar refractivity (Wildman–Crippen MR) is 100 cm³/mol. The summed E-state index contributed by atoms with van der Waals surface area (Å²) in [5, 5.41) is 9.08. The summed E-state index contributed by atoms with van der Waals surface area (Å²) < 4.78 is 1.97. The molecule has 138 valence electrons. The maximum absolute atomic E-state index is 12.6. The van der Waals surface area contributed by atoms with Gasteiger partial charge in [-0.3, -0.25) is 14.2 Å². The molecule has 1 saturated heterocycles. The molecule has 0 spiro atoms. The van der Waals surface area contributed by atoms with Crippen LogP contribution in [0, 0.1) is 19.8 Å². The van der Waals surface area contributed by atoms with Crippen LogP contribution in [-0.4, -0.2) is 50.3 Å². The zero-order valence-corrected chi connectivity index (χ0v) is 15.8. The summed E-state index contributed by atoms with van der Waals surface area (Å²) in [5.74, 6) is 0.467. The topological polar surface area (TPSA) is 94.1 Å². The number of benzene rings is 1. The van der Waals surface area contributed by atoms with Crippen LogP contribution in [0.3, 0.4) is 0 Å². The van der Waals surface area contributed by atoms with Crippen LogP contribution < -0.4 is 5.73 Å². The van der Waals surface area contributed by atoms with Crippen molar-refractivity contribution >= 4 is 23.6 Å². The molecule has 8 heteroatoms. The van der Waals surface area contributed by atoms with E-state index in [0.717, 1.165) is 29.9 Å². The molecule has 1 aliphatic heterocycles. The molecule has 3 rings (SSSR count). The lowest BCUT2D eigenvalue weighted by atomic mass is 9.97. The molecule has 1 aliphatic rings. The first-order valence-corrected chi connectivity index (χ1v) is 9.64. The number of carbonyl (C=O) groups excluding carboxylic acids is 2. The number of primary amides is 1. The van der Waals surface area contributed by atoms with Gasteiger partial charge in [-0.2, -0.15) is 0 Å². The Labute approximate surface area is 157 Å². The van der Waals surface area contributed by atoms with E-state index in [1.54, 1.807) is 4.90 Å². The predicted octanol–water partition coefficient (Wildman–Crippen LogP) is 1.70. The summed E-state index contributed by atoms with van der Waals surface area (Å²) in [4.78, 5) is 25.7. The summed E-state index contributed by atoms with van der Waals surface area (Å²) in [6.07, 6.45) is 1.57. The number of carbonyl (C=O) groups is 2. The molecule has 0 saturated carbocycles. The van der Waals surface area contributed by atoms with Crippen LogP contribution in [0.1, 0.15) is 24.2 Å². The number of likely N-dealkylation sites (tertiary alicyclic amines) is 1. The highest BCUT2D eigenvalue weighted by molar-refractivity contribution is 7.99. The number of aryl methyl sites for hydroxylation is 2. The molecule has 26 heavy (non-hydrogen) atoms. The highest BCUT2D eigenvalue weighted by atomic mass is 32.2. The van der Waals surface area contributed by atoms with Crippen molar-refractivity contribution in [1.82, 2.24) is 19.7 Å². The summed E-state index contributed by atoms with van der Waals surface area (Å²) in [5.41, 5.74) is 7.52. The maximum atomic E-state index is 12.6. The normalized spacial score (nSPS) is 17.3. The Balaban J connectivity index is 1.70. The third kappa shape index (κ3) is 3.90. The Morgan fingerprint density at radius 3 is 2.77 bits per heavy atom. The number of nitrogens with zero attached hydrogens (tertiary/aromatic N) is 4. The fourth-order valence-electron chi connectivity index (χ4n) is 3.18. The lowest BCUT2D eigenvalue weighted by Gasteiger charge is -2.31. The molecule has 7 nitrogen and oxygen atoms in total. The number of aromatic nitrogens is 3. The average molecular weight is 373 g/mol. The molecule has 1 fully saturated rings. The van der Waals surface area contributed by atoms with Crippen LogP contribution in [0.2, 0.25) is 0 Å². The fraction of sp³-hybridized carbons (Fsp3) is 0.444. The van der Waals surface area contributed by atoms with Gasteiger partial charge in [-0.05, 0) is 38.3 Å². The summed E-state index contributed by atoms with van der Waals surface area (Å²) in [6, 6.07) is 8.01. The zero-order valence-electron chi connectivity index (χ0n) is 15.0. The van der Waals surface area contributed by atoms with E-state index in [9.17, 15) is 9.59 Å². The molecule has 1 atom stereocenters. The number of hydrogen-bond donors (Lipinski definition) is 1. The molecule has 0 unspecified atom stereocenters. The van der Waals surface area contributed by atoms with Gasteiger partial charge in [-0.25, -0.2) is 0 Å². The van der Waals surface area contributed by atoms with E-state index < -0.39 is 0 Å². The molecule has 0 aliphatic carbocycles. The molecule has 0 bridgehead atoms. The van der Waals surface area contributed by atoms with Gasteiger partial charge in [0.1, 0.15) is 5.82 Å². The van der Waals surface area contributed by atoms with E-state index >= 15 is 0 Å². The van der Waals surface area contributed by atoms with Gasteiger partial charge in [0.2, 0.25) is 11.8 Å². The van der Waals surface area contributed by atoms with E-state index in [-0.39, 0.29) is 23.5 Å². The van der Waals surface area contributed by atoms with Crippen molar-refractivity contribution in [2.24, 2.45) is 11.7 Å². The van der Waals surface area contributed by atoms with Gasteiger partial charge in [-0.15, -0.1) is 10.2 Å². The minimum atomic E-state index is -0.329. The smallest absolute Gasteiger partial charge is 0.233 e. The second-order valence-electron chi connectivity index (χ2n) is 6.52. The standard InChI is InChI=1S/C18H23N5O2S/c1-12-6-3-4-8-15(12)23-13(2)20-21-18(23)26-11-16(24)22-9-5-7-14(10-22)17(19)25/h3-4,6,8,14H,5,7,9-11H2,1-2H3,(H2,19,25)/t14-/m1/s1. The summed E-state index contributed by atoms with van der Waals surface area (Å²) >= 11 is 1.36. The Morgan fingerprint density at radius 2 is 2.04 bits per heavy atom. The van der Waals surface area contributed by atoms with Crippen molar-refractivity contribution in [1.29, 1.82) is 0 Å². The van der Waals surface area contributed by atoms with E-state index in [1.807, 2.05) is 42.7 Å². The van der Waals surface area contributed by atoms with Crippen molar-refractivity contribution in [3.63, 3.8) is 0 Å². The van der Waals surface area contributed by atoms with Gasteiger partial charge in [0.25, 0.3) is 0 Å². The lowest BCUT2D eigenvalue weighted by Crippen LogP contribution is -2.44. The first-order chi connectivity index (χ1) is 12.5. The Morgan fingerprint density at radius 1 is 1.27 bits per heavy atom. The average Bonchev–Trinajstić information content (AvgIpc) is 3.00. The van der Waals surface area contributed by atoms with Crippen molar-refractivity contribution in [2.75, 3.05) is 18.8 Å². The van der Waals surface area contributed by atoms with E-state index in [1.165, 1.54) is 11.8 Å². The van der Waals surface area contributed by atoms with Crippen LogP contribution in [0.4, 0.5) is 0 Å². The second kappa shape index (κ2) is 7.90. The van der Waals surface area contributed by atoms with Crippen molar-refractivity contribution in [2.45, 2.75) is 31.8 Å². The monoisotopic (exact) mass is 373 g/mol.